The van der Waals surface area contributed by atoms with E-state index in [0.717, 1.165) is 12.8 Å². The summed E-state index contributed by atoms with van der Waals surface area (Å²) in [6, 6.07) is -0.690. The molecule has 1 aliphatic heterocycles. The maximum atomic E-state index is 12.8. The third-order valence-corrected chi connectivity index (χ3v) is 5.61. The van der Waals surface area contributed by atoms with Crippen LogP contribution < -0.4 is 0 Å². The zero-order valence-electron chi connectivity index (χ0n) is 13.5. The van der Waals surface area contributed by atoms with E-state index in [1.807, 2.05) is 13.8 Å². The summed E-state index contributed by atoms with van der Waals surface area (Å²) in [4.78, 5) is 41.0. The highest BCUT2D eigenvalue weighted by Gasteiger charge is 2.58. The van der Waals surface area contributed by atoms with E-state index < -0.39 is 6.04 Å². The van der Waals surface area contributed by atoms with E-state index in [9.17, 15) is 14.4 Å². The maximum absolute atomic E-state index is 12.8. The number of rotatable bonds is 4. The second kappa shape index (κ2) is 5.52. The van der Waals surface area contributed by atoms with E-state index in [-0.39, 0.29) is 41.4 Å². The standard InChI is InChI=1S/C17H24N2O3/c1-4-18(5-2)15(20)10(3)19-16(21)13-11-6-7-12(9-8-11)14(13)17(19)22/h6-7,10-14H,4-5,8-9H2,1-3H3/t10-,11-,12-,13-,14-/m0/s1. The lowest BCUT2D eigenvalue weighted by molar-refractivity contribution is -0.151. The molecule has 0 aromatic rings. The first-order valence-corrected chi connectivity index (χ1v) is 8.35. The van der Waals surface area contributed by atoms with Crippen LogP contribution in [0.5, 0.6) is 0 Å². The molecular formula is C17H24N2O3. The second-order valence-corrected chi connectivity index (χ2v) is 6.57. The van der Waals surface area contributed by atoms with E-state index in [1.165, 1.54) is 4.90 Å². The van der Waals surface area contributed by atoms with Crippen molar-refractivity contribution in [1.29, 1.82) is 0 Å². The highest BCUT2D eigenvalue weighted by molar-refractivity contribution is 6.08. The molecule has 0 spiro atoms. The molecule has 4 aliphatic rings. The Bertz CT molecular complexity index is 506. The van der Waals surface area contributed by atoms with Crippen molar-refractivity contribution in [2.24, 2.45) is 23.7 Å². The van der Waals surface area contributed by atoms with Gasteiger partial charge in [0.2, 0.25) is 17.7 Å². The van der Waals surface area contributed by atoms with E-state index >= 15 is 0 Å². The summed E-state index contributed by atoms with van der Waals surface area (Å²) in [5.41, 5.74) is 0. The van der Waals surface area contributed by atoms with Gasteiger partial charge in [-0.15, -0.1) is 0 Å². The van der Waals surface area contributed by atoms with Crippen molar-refractivity contribution in [2.75, 3.05) is 13.1 Å². The van der Waals surface area contributed by atoms with Crippen LogP contribution in [-0.2, 0) is 14.4 Å². The number of amides is 3. The molecule has 0 aromatic carbocycles. The third-order valence-electron chi connectivity index (χ3n) is 5.61. The van der Waals surface area contributed by atoms with Gasteiger partial charge in [-0.1, -0.05) is 12.2 Å². The number of carbonyl (C=O) groups excluding carboxylic acids is 3. The molecule has 4 rings (SSSR count). The number of likely N-dealkylation sites (N-methyl/N-ethyl adjacent to an activating group) is 1. The van der Waals surface area contributed by atoms with Crippen molar-refractivity contribution in [1.82, 2.24) is 9.80 Å². The van der Waals surface area contributed by atoms with E-state index in [4.69, 9.17) is 0 Å². The Labute approximate surface area is 131 Å². The van der Waals surface area contributed by atoms with Crippen molar-refractivity contribution in [3.63, 3.8) is 0 Å². The minimum absolute atomic E-state index is 0.134. The Hall–Kier alpha value is -1.65. The van der Waals surface area contributed by atoms with Crippen molar-refractivity contribution < 1.29 is 14.4 Å². The molecule has 5 atom stereocenters. The van der Waals surface area contributed by atoms with Crippen LogP contribution >= 0.6 is 0 Å². The number of allylic oxidation sites excluding steroid dienone is 2. The second-order valence-electron chi connectivity index (χ2n) is 6.57. The normalized spacial score (nSPS) is 34.0. The molecule has 0 aromatic heterocycles. The van der Waals surface area contributed by atoms with E-state index in [2.05, 4.69) is 12.2 Å². The number of nitrogens with zero attached hydrogens (tertiary/aromatic N) is 2. The van der Waals surface area contributed by atoms with E-state index in [1.54, 1.807) is 11.8 Å². The number of imide groups is 1. The Kier molecular flexibility index (Phi) is 3.83. The third kappa shape index (κ3) is 2.02. The van der Waals surface area contributed by atoms with Gasteiger partial charge in [0.25, 0.3) is 0 Å². The fraction of sp³-hybridized carbons (Fsp3) is 0.706. The average molecular weight is 304 g/mol. The Morgan fingerprint density at radius 1 is 1.14 bits per heavy atom. The smallest absolute Gasteiger partial charge is 0.245 e. The Balaban J connectivity index is 1.85. The minimum atomic E-state index is -0.690. The number of carbonyl (C=O) groups is 3. The van der Waals surface area contributed by atoms with Crippen LogP contribution in [0.25, 0.3) is 0 Å². The predicted molar refractivity (Wildman–Crippen MR) is 81.6 cm³/mol. The topological polar surface area (TPSA) is 57.7 Å². The number of fused-ring (bicyclic) bond motifs is 1. The zero-order valence-corrected chi connectivity index (χ0v) is 13.5. The molecule has 0 radical (unpaired) electrons. The molecule has 1 saturated carbocycles. The zero-order chi connectivity index (χ0) is 16.0. The molecule has 0 N–H and O–H groups in total. The molecule has 22 heavy (non-hydrogen) atoms. The molecule has 5 nitrogen and oxygen atoms in total. The van der Waals surface area contributed by atoms with Gasteiger partial charge in [0.1, 0.15) is 6.04 Å². The first-order chi connectivity index (χ1) is 10.5. The quantitative estimate of drug-likeness (QED) is 0.583. The van der Waals surface area contributed by atoms with Crippen molar-refractivity contribution >= 4 is 17.7 Å². The molecule has 3 aliphatic carbocycles. The molecule has 120 valence electrons. The fourth-order valence-electron chi connectivity index (χ4n) is 4.39. The van der Waals surface area contributed by atoms with Crippen LogP contribution in [0.1, 0.15) is 33.6 Å². The van der Waals surface area contributed by atoms with Crippen LogP contribution in [0.3, 0.4) is 0 Å². The van der Waals surface area contributed by atoms with Gasteiger partial charge in [-0.25, -0.2) is 0 Å². The molecule has 0 unspecified atom stereocenters. The highest BCUT2D eigenvalue weighted by atomic mass is 16.2. The van der Waals surface area contributed by atoms with Crippen LogP contribution in [-0.4, -0.2) is 46.7 Å². The van der Waals surface area contributed by atoms with Gasteiger partial charge in [0.05, 0.1) is 11.8 Å². The number of hydrogen-bond donors (Lipinski definition) is 0. The van der Waals surface area contributed by atoms with Gasteiger partial charge in [0, 0.05) is 13.1 Å². The van der Waals surface area contributed by atoms with Crippen molar-refractivity contribution in [3.8, 4) is 0 Å². The lowest BCUT2D eigenvalue weighted by Crippen LogP contribution is -2.50. The summed E-state index contributed by atoms with van der Waals surface area (Å²) in [5, 5.41) is 0. The van der Waals surface area contributed by atoms with Crippen molar-refractivity contribution in [3.05, 3.63) is 12.2 Å². The summed E-state index contributed by atoms with van der Waals surface area (Å²) < 4.78 is 0. The lowest BCUT2D eigenvalue weighted by Gasteiger charge is -2.38. The summed E-state index contributed by atoms with van der Waals surface area (Å²) in [6.07, 6.45) is 6.16. The SMILES string of the molecule is CCN(CC)C(=O)[C@H](C)N1C(=O)[C@@H]2[C@@H](C1=O)[C@H]1C=C[C@H]2CC1. The van der Waals surface area contributed by atoms with Gasteiger partial charge in [-0.05, 0) is 45.4 Å². The summed E-state index contributed by atoms with van der Waals surface area (Å²) in [5.74, 6) is -0.527. The number of likely N-dealkylation sites (tertiary alicyclic amines) is 1. The predicted octanol–water partition coefficient (Wildman–Crippen LogP) is 1.44. The van der Waals surface area contributed by atoms with Crippen LogP contribution in [0.2, 0.25) is 0 Å². The maximum Gasteiger partial charge on any atom is 0.245 e. The molecule has 5 heteroatoms. The van der Waals surface area contributed by atoms with Crippen LogP contribution in [0.4, 0.5) is 0 Å². The highest BCUT2D eigenvalue weighted by Crippen LogP contribution is 2.49. The largest absolute Gasteiger partial charge is 0.341 e. The van der Waals surface area contributed by atoms with Gasteiger partial charge >= 0.3 is 0 Å². The van der Waals surface area contributed by atoms with Gasteiger partial charge in [0.15, 0.2) is 0 Å². The summed E-state index contributed by atoms with van der Waals surface area (Å²) >= 11 is 0. The summed E-state index contributed by atoms with van der Waals surface area (Å²) in [7, 11) is 0. The first kappa shape index (κ1) is 15.3. The first-order valence-electron chi connectivity index (χ1n) is 8.35. The Morgan fingerprint density at radius 2 is 1.59 bits per heavy atom. The molecule has 3 amide bonds. The Morgan fingerprint density at radius 3 is 1.95 bits per heavy atom. The van der Waals surface area contributed by atoms with Gasteiger partial charge in [-0.3, -0.25) is 19.3 Å². The lowest BCUT2D eigenvalue weighted by atomic mass is 9.63. The minimum Gasteiger partial charge on any atom is -0.341 e. The average Bonchev–Trinajstić information content (AvgIpc) is 2.82. The molecule has 1 saturated heterocycles. The van der Waals surface area contributed by atoms with Crippen LogP contribution in [0.15, 0.2) is 12.2 Å². The molecule has 1 heterocycles. The molecule has 2 fully saturated rings. The molecular weight excluding hydrogens is 280 g/mol. The van der Waals surface area contributed by atoms with Gasteiger partial charge < -0.3 is 4.90 Å². The fourth-order valence-corrected chi connectivity index (χ4v) is 4.39. The summed E-state index contributed by atoms with van der Waals surface area (Å²) in [6.45, 7) is 6.69. The van der Waals surface area contributed by atoms with Crippen molar-refractivity contribution in [2.45, 2.75) is 39.7 Å². The van der Waals surface area contributed by atoms with Crippen LogP contribution in [0, 0.1) is 23.7 Å². The molecule has 2 bridgehead atoms. The van der Waals surface area contributed by atoms with Gasteiger partial charge in [-0.2, -0.15) is 0 Å². The monoisotopic (exact) mass is 304 g/mol. The van der Waals surface area contributed by atoms with E-state index in [0.29, 0.717) is 13.1 Å². The number of hydrogen-bond acceptors (Lipinski definition) is 3.